The summed E-state index contributed by atoms with van der Waals surface area (Å²) in [5.41, 5.74) is 2.69. The zero-order valence-electron chi connectivity index (χ0n) is 19.4. The number of hydrogen-bond acceptors (Lipinski definition) is 7. The normalized spacial score (nSPS) is 11.6. The molecule has 186 valence electrons. The SMILES string of the molecule is COc1cc(OC)c(Nc2nccc(-c3c4ccccc4nn3C)n2)cc1NC(=O)/C=C/C(F)(F)F. The number of carbonyl (C=O) groups is 1. The van der Waals surface area contributed by atoms with Crippen molar-refractivity contribution in [3.8, 4) is 22.9 Å². The van der Waals surface area contributed by atoms with E-state index in [9.17, 15) is 18.0 Å². The van der Waals surface area contributed by atoms with Gasteiger partial charge in [-0.05, 0) is 18.2 Å². The number of hydrogen-bond donors (Lipinski definition) is 2. The summed E-state index contributed by atoms with van der Waals surface area (Å²) in [6.07, 6.45) is -2.80. The number of methoxy groups -OCH3 is 2. The number of aromatic nitrogens is 4. The fourth-order valence-corrected chi connectivity index (χ4v) is 3.56. The molecule has 12 heteroatoms. The molecule has 0 radical (unpaired) electrons. The first kappa shape index (κ1) is 24.5. The Labute approximate surface area is 203 Å². The van der Waals surface area contributed by atoms with E-state index in [1.54, 1.807) is 16.9 Å². The summed E-state index contributed by atoms with van der Waals surface area (Å²) in [5, 5.41) is 10.8. The second-order valence-electron chi connectivity index (χ2n) is 7.50. The third kappa shape index (κ3) is 5.37. The molecule has 0 aliphatic heterocycles. The Morgan fingerprint density at radius 2 is 1.78 bits per heavy atom. The first-order valence-electron chi connectivity index (χ1n) is 10.5. The zero-order valence-corrected chi connectivity index (χ0v) is 19.4. The van der Waals surface area contributed by atoms with Crippen molar-refractivity contribution >= 4 is 34.1 Å². The topological polar surface area (TPSA) is 103 Å². The summed E-state index contributed by atoms with van der Waals surface area (Å²) in [5.74, 6) is -0.253. The number of allylic oxidation sites excluding steroid dienone is 1. The van der Waals surface area contributed by atoms with Crippen molar-refractivity contribution in [3.05, 3.63) is 60.8 Å². The van der Waals surface area contributed by atoms with Crippen LogP contribution in [0, 0.1) is 0 Å². The van der Waals surface area contributed by atoms with Crippen molar-refractivity contribution in [1.29, 1.82) is 0 Å². The Morgan fingerprint density at radius 1 is 1.06 bits per heavy atom. The number of halogens is 3. The fraction of sp³-hybridized carbons (Fsp3) is 0.167. The molecule has 0 saturated carbocycles. The number of ether oxygens (including phenoxy) is 2. The van der Waals surface area contributed by atoms with Gasteiger partial charge in [0.05, 0.1) is 42.5 Å². The van der Waals surface area contributed by atoms with Gasteiger partial charge in [0.15, 0.2) is 0 Å². The number of nitrogens with one attached hydrogen (secondary N) is 2. The summed E-state index contributed by atoms with van der Waals surface area (Å²) in [4.78, 5) is 20.9. The largest absolute Gasteiger partial charge is 0.494 e. The first-order valence-corrected chi connectivity index (χ1v) is 10.5. The van der Waals surface area contributed by atoms with E-state index in [0.29, 0.717) is 23.2 Å². The predicted molar refractivity (Wildman–Crippen MR) is 128 cm³/mol. The Kier molecular flexibility index (Phi) is 6.77. The molecule has 0 aliphatic rings. The van der Waals surface area contributed by atoms with Gasteiger partial charge >= 0.3 is 6.18 Å². The van der Waals surface area contributed by atoms with E-state index in [2.05, 4.69) is 25.7 Å². The molecule has 2 heterocycles. The molecule has 2 N–H and O–H groups in total. The smallest absolute Gasteiger partial charge is 0.409 e. The number of carbonyl (C=O) groups excluding carboxylic acids is 1. The van der Waals surface area contributed by atoms with Crippen LogP contribution in [0.2, 0.25) is 0 Å². The number of alkyl halides is 3. The van der Waals surface area contributed by atoms with Crippen LogP contribution >= 0.6 is 0 Å². The quantitative estimate of drug-likeness (QED) is 0.351. The molecule has 0 atom stereocenters. The van der Waals surface area contributed by atoms with E-state index in [1.165, 1.54) is 26.4 Å². The third-order valence-corrected chi connectivity index (χ3v) is 5.09. The van der Waals surface area contributed by atoms with Crippen molar-refractivity contribution in [3.63, 3.8) is 0 Å². The maximum atomic E-state index is 12.4. The second kappa shape index (κ2) is 9.94. The highest BCUT2D eigenvalue weighted by molar-refractivity contribution is 6.01. The van der Waals surface area contributed by atoms with Gasteiger partial charge in [0, 0.05) is 36.8 Å². The zero-order chi connectivity index (χ0) is 25.9. The van der Waals surface area contributed by atoms with Gasteiger partial charge in [-0.1, -0.05) is 18.2 Å². The molecular weight excluding hydrogens is 477 g/mol. The van der Waals surface area contributed by atoms with E-state index in [4.69, 9.17) is 9.47 Å². The van der Waals surface area contributed by atoms with Crippen molar-refractivity contribution in [2.24, 2.45) is 7.05 Å². The highest BCUT2D eigenvalue weighted by atomic mass is 19.4. The highest BCUT2D eigenvalue weighted by Gasteiger charge is 2.23. The van der Waals surface area contributed by atoms with Crippen molar-refractivity contribution in [2.45, 2.75) is 6.18 Å². The summed E-state index contributed by atoms with van der Waals surface area (Å²) in [6, 6.07) is 12.3. The van der Waals surface area contributed by atoms with Crippen LogP contribution in [-0.4, -0.2) is 46.1 Å². The number of amides is 1. The molecule has 0 spiro atoms. The van der Waals surface area contributed by atoms with Crippen LogP contribution in [0.5, 0.6) is 11.5 Å². The Balaban J connectivity index is 1.67. The second-order valence-corrected chi connectivity index (χ2v) is 7.50. The van der Waals surface area contributed by atoms with Gasteiger partial charge in [0.1, 0.15) is 11.5 Å². The Bertz CT molecular complexity index is 1450. The van der Waals surface area contributed by atoms with Gasteiger partial charge in [-0.25, -0.2) is 9.97 Å². The average Bonchev–Trinajstić information content (AvgIpc) is 3.18. The molecular formula is C24H21F3N6O3. The van der Waals surface area contributed by atoms with E-state index in [1.807, 2.05) is 31.3 Å². The summed E-state index contributed by atoms with van der Waals surface area (Å²) in [6.45, 7) is 0. The number of fused-ring (bicyclic) bond motifs is 1. The third-order valence-electron chi connectivity index (χ3n) is 5.09. The van der Waals surface area contributed by atoms with Gasteiger partial charge < -0.3 is 20.1 Å². The van der Waals surface area contributed by atoms with Gasteiger partial charge in [0.2, 0.25) is 11.9 Å². The minimum atomic E-state index is -4.62. The molecule has 2 aromatic heterocycles. The summed E-state index contributed by atoms with van der Waals surface area (Å²) >= 11 is 0. The van der Waals surface area contributed by atoms with Gasteiger partial charge in [0.25, 0.3) is 0 Å². The van der Waals surface area contributed by atoms with E-state index in [0.717, 1.165) is 16.6 Å². The lowest BCUT2D eigenvalue weighted by atomic mass is 10.1. The molecule has 0 bridgehead atoms. The van der Waals surface area contributed by atoms with Crippen LogP contribution in [0.4, 0.5) is 30.5 Å². The average molecular weight is 498 g/mol. The van der Waals surface area contributed by atoms with E-state index >= 15 is 0 Å². The van der Waals surface area contributed by atoms with Gasteiger partial charge in [-0.15, -0.1) is 0 Å². The minimum Gasteiger partial charge on any atom is -0.494 e. The standard InChI is InChI=1S/C24H21F3N6O3/c1-33-22(14-6-4-5-7-15(14)32-33)16-9-11-28-23(30-16)31-18-12-17(19(35-2)13-20(18)36-3)29-21(34)8-10-24(25,26)27/h4-13H,1-3H3,(H,29,34)(H,28,30,31)/b10-8+. The molecule has 4 aromatic rings. The number of benzene rings is 2. The summed E-state index contributed by atoms with van der Waals surface area (Å²) in [7, 11) is 4.61. The summed E-state index contributed by atoms with van der Waals surface area (Å²) < 4.78 is 49.6. The molecule has 0 fully saturated rings. The first-order chi connectivity index (χ1) is 17.2. The number of anilines is 3. The Hall–Kier alpha value is -4.61. The molecule has 0 saturated heterocycles. The predicted octanol–water partition coefficient (Wildman–Crippen LogP) is 4.85. The van der Waals surface area contributed by atoms with Crippen LogP contribution in [0.1, 0.15) is 0 Å². The molecule has 36 heavy (non-hydrogen) atoms. The lowest BCUT2D eigenvalue weighted by molar-refractivity contribution is -0.112. The fourth-order valence-electron chi connectivity index (χ4n) is 3.56. The van der Waals surface area contributed by atoms with Gasteiger partial charge in [-0.2, -0.15) is 18.3 Å². The monoisotopic (exact) mass is 498 g/mol. The van der Waals surface area contributed by atoms with Crippen LogP contribution in [0.25, 0.3) is 22.3 Å². The van der Waals surface area contributed by atoms with Crippen LogP contribution < -0.4 is 20.1 Å². The number of aryl methyl sites for hydroxylation is 1. The van der Waals surface area contributed by atoms with E-state index < -0.39 is 12.1 Å². The minimum absolute atomic E-state index is 0.117. The van der Waals surface area contributed by atoms with Gasteiger partial charge in [-0.3, -0.25) is 9.48 Å². The highest BCUT2D eigenvalue weighted by Crippen LogP contribution is 2.38. The van der Waals surface area contributed by atoms with Crippen LogP contribution in [0.15, 0.2) is 60.8 Å². The molecule has 9 nitrogen and oxygen atoms in total. The maximum Gasteiger partial charge on any atom is 0.409 e. The molecule has 4 rings (SSSR count). The van der Waals surface area contributed by atoms with Crippen LogP contribution in [0.3, 0.4) is 0 Å². The molecule has 2 aromatic carbocycles. The number of rotatable bonds is 7. The lowest BCUT2D eigenvalue weighted by Gasteiger charge is -2.16. The van der Waals surface area contributed by atoms with Crippen molar-refractivity contribution in [1.82, 2.24) is 19.7 Å². The van der Waals surface area contributed by atoms with Crippen molar-refractivity contribution < 1.29 is 27.4 Å². The maximum absolute atomic E-state index is 12.4. The molecule has 0 aliphatic carbocycles. The lowest BCUT2D eigenvalue weighted by Crippen LogP contribution is -2.12. The van der Waals surface area contributed by atoms with Crippen molar-refractivity contribution in [2.75, 3.05) is 24.9 Å². The molecule has 1 amide bonds. The Morgan fingerprint density at radius 3 is 2.50 bits per heavy atom. The van der Waals surface area contributed by atoms with Crippen LogP contribution in [-0.2, 0) is 11.8 Å². The number of nitrogens with zero attached hydrogens (tertiary/aromatic N) is 4. The van der Waals surface area contributed by atoms with E-state index in [-0.39, 0.29) is 23.5 Å². The molecule has 0 unspecified atom stereocenters.